The van der Waals surface area contributed by atoms with E-state index in [1.54, 1.807) is 29.2 Å². The van der Waals surface area contributed by atoms with Crippen molar-refractivity contribution in [2.45, 2.75) is 12.8 Å². The monoisotopic (exact) mass is 394 g/mol. The third kappa shape index (κ3) is 4.77. The Morgan fingerprint density at radius 2 is 1.55 bits per heavy atom. The Bertz CT molecular complexity index is 832. The molecule has 2 saturated heterocycles. The molecule has 0 N–H and O–H groups in total. The maximum atomic E-state index is 13.0. The fourth-order valence-corrected chi connectivity index (χ4v) is 3.88. The molecule has 0 aliphatic carbocycles. The molecule has 2 aromatic carbocycles. The summed E-state index contributed by atoms with van der Waals surface area (Å²) < 4.78 is 11.1. The molecule has 2 amide bonds. The van der Waals surface area contributed by atoms with Gasteiger partial charge >= 0.3 is 0 Å². The van der Waals surface area contributed by atoms with Gasteiger partial charge in [-0.25, -0.2) is 0 Å². The quantitative estimate of drug-likeness (QED) is 0.799. The number of hydrogen-bond donors (Lipinski definition) is 0. The van der Waals surface area contributed by atoms with Crippen LogP contribution >= 0.6 is 0 Å². The average Bonchev–Trinajstić information content (AvgIpc) is 2.80. The van der Waals surface area contributed by atoms with Crippen LogP contribution in [0, 0.1) is 5.92 Å². The van der Waals surface area contributed by atoms with E-state index in [1.165, 1.54) is 0 Å². The molecule has 2 fully saturated rings. The van der Waals surface area contributed by atoms with Crippen molar-refractivity contribution in [1.29, 1.82) is 0 Å². The lowest BCUT2D eigenvalue weighted by molar-refractivity contribution is -0.141. The predicted octanol–water partition coefficient (Wildman–Crippen LogP) is 3.19. The summed E-state index contributed by atoms with van der Waals surface area (Å²) in [7, 11) is 0. The molecule has 2 aromatic rings. The van der Waals surface area contributed by atoms with Gasteiger partial charge in [0.2, 0.25) is 5.91 Å². The summed E-state index contributed by atoms with van der Waals surface area (Å²) in [6.07, 6.45) is 1.69. The van der Waals surface area contributed by atoms with E-state index in [9.17, 15) is 9.59 Å². The molecule has 4 rings (SSSR count). The predicted molar refractivity (Wildman–Crippen MR) is 109 cm³/mol. The minimum atomic E-state index is -0.119. The van der Waals surface area contributed by atoms with Crippen LogP contribution < -0.4 is 4.74 Å². The van der Waals surface area contributed by atoms with E-state index in [0.717, 1.165) is 18.6 Å². The van der Waals surface area contributed by atoms with E-state index in [-0.39, 0.29) is 17.7 Å². The largest absolute Gasteiger partial charge is 0.457 e. The number of benzene rings is 2. The van der Waals surface area contributed by atoms with Gasteiger partial charge < -0.3 is 19.3 Å². The van der Waals surface area contributed by atoms with Crippen molar-refractivity contribution in [2.24, 2.45) is 5.92 Å². The Labute approximate surface area is 171 Å². The average molecular weight is 394 g/mol. The van der Waals surface area contributed by atoms with Crippen molar-refractivity contribution in [3.63, 3.8) is 0 Å². The number of carbonyl (C=O) groups excluding carboxylic acids is 2. The van der Waals surface area contributed by atoms with Crippen LogP contribution in [0.2, 0.25) is 0 Å². The van der Waals surface area contributed by atoms with Gasteiger partial charge in [-0.2, -0.15) is 0 Å². The molecule has 1 atom stereocenters. The van der Waals surface area contributed by atoms with E-state index in [0.29, 0.717) is 50.7 Å². The number of ether oxygens (including phenoxy) is 2. The Kier molecular flexibility index (Phi) is 6.10. The molecule has 0 spiro atoms. The van der Waals surface area contributed by atoms with Crippen LogP contribution in [-0.4, -0.2) is 61.0 Å². The molecule has 152 valence electrons. The number of rotatable bonds is 4. The Hall–Kier alpha value is -2.86. The van der Waals surface area contributed by atoms with E-state index in [4.69, 9.17) is 9.47 Å². The molecule has 0 bridgehead atoms. The van der Waals surface area contributed by atoms with E-state index < -0.39 is 0 Å². The van der Waals surface area contributed by atoms with Crippen molar-refractivity contribution in [3.05, 3.63) is 60.2 Å². The smallest absolute Gasteiger partial charge is 0.253 e. The molecule has 1 unspecified atom stereocenters. The molecule has 0 radical (unpaired) electrons. The first kappa shape index (κ1) is 19.5. The summed E-state index contributed by atoms with van der Waals surface area (Å²) in [6, 6.07) is 16.7. The molecule has 6 nitrogen and oxygen atoms in total. The van der Waals surface area contributed by atoms with Gasteiger partial charge in [0.1, 0.15) is 11.5 Å². The number of para-hydroxylation sites is 1. The van der Waals surface area contributed by atoms with E-state index >= 15 is 0 Å². The Balaban J connectivity index is 1.37. The Morgan fingerprint density at radius 3 is 2.28 bits per heavy atom. The maximum absolute atomic E-state index is 13.0. The van der Waals surface area contributed by atoms with Crippen molar-refractivity contribution in [3.8, 4) is 11.5 Å². The zero-order chi connectivity index (χ0) is 20.1. The minimum Gasteiger partial charge on any atom is -0.457 e. The van der Waals surface area contributed by atoms with E-state index in [2.05, 4.69) is 0 Å². The zero-order valence-corrected chi connectivity index (χ0v) is 16.5. The third-order valence-electron chi connectivity index (χ3n) is 5.46. The molecule has 0 aromatic heterocycles. The molecule has 29 heavy (non-hydrogen) atoms. The number of morpholine rings is 1. The lowest BCUT2D eigenvalue weighted by Crippen LogP contribution is -2.49. The van der Waals surface area contributed by atoms with Gasteiger partial charge in [0.15, 0.2) is 0 Å². The standard InChI is InChI=1S/C23H26N2O4/c26-22(18-8-10-21(11-9-18)29-20-6-2-1-3-7-20)25-12-4-5-19(17-25)23(27)24-13-15-28-16-14-24/h1-3,6-11,19H,4-5,12-17H2. The van der Waals surface area contributed by atoms with Crippen molar-refractivity contribution < 1.29 is 19.1 Å². The molecule has 0 saturated carbocycles. The summed E-state index contributed by atoms with van der Waals surface area (Å²) in [5.41, 5.74) is 0.616. The summed E-state index contributed by atoms with van der Waals surface area (Å²) in [5.74, 6) is 1.44. The first-order chi connectivity index (χ1) is 14.2. The van der Waals surface area contributed by atoms with Gasteiger partial charge in [-0.1, -0.05) is 18.2 Å². The van der Waals surface area contributed by atoms with Crippen molar-refractivity contribution in [2.75, 3.05) is 39.4 Å². The SMILES string of the molecule is O=C(c1ccc(Oc2ccccc2)cc1)N1CCCC(C(=O)N2CCOCC2)C1. The number of carbonyl (C=O) groups is 2. The van der Waals surface area contributed by atoms with Crippen molar-refractivity contribution >= 4 is 11.8 Å². The van der Waals surface area contributed by atoms with Crippen LogP contribution in [0.1, 0.15) is 23.2 Å². The minimum absolute atomic E-state index is 0.0317. The fraction of sp³-hybridized carbons (Fsp3) is 0.391. The summed E-state index contributed by atoms with van der Waals surface area (Å²) in [5, 5.41) is 0. The molecular formula is C23H26N2O4. The van der Waals surface area contributed by atoms with Crippen molar-refractivity contribution in [1.82, 2.24) is 9.80 Å². The van der Waals surface area contributed by atoms with Crippen LogP contribution in [0.3, 0.4) is 0 Å². The second-order valence-corrected chi connectivity index (χ2v) is 7.47. The summed E-state index contributed by atoms with van der Waals surface area (Å²) in [4.78, 5) is 29.4. The lowest BCUT2D eigenvalue weighted by atomic mass is 9.95. The second-order valence-electron chi connectivity index (χ2n) is 7.47. The van der Waals surface area contributed by atoms with Crippen LogP contribution in [0.5, 0.6) is 11.5 Å². The van der Waals surface area contributed by atoms with Gasteiger partial charge in [0, 0.05) is 31.7 Å². The fourth-order valence-electron chi connectivity index (χ4n) is 3.88. The zero-order valence-electron chi connectivity index (χ0n) is 16.5. The highest BCUT2D eigenvalue weighted by atomic mass is 16.5. The van der Waals surface area contributed by atoms with Gasteiger partial charge in [-0.15, -0.1) is 0 Å². The number of nitrogens with zero attached hydrogens (tertiary/aromatic N) is 2. The van der Waals surface area contributed by atoms with Crippen LogP contribution in [0.25, 0.3) is 0 Å². The highest BCUT2D eigenvalue weighted by Crippen LogP contribution is 2.24. The normalized spacial score (nSPS) is 19.7. The van der Waals surface area contributed by atoms with E-state index in [1.807, 2.05) is 35.2 Å². The number of piperidine rings is 1. The highest BCUT2D eigenvalue weighted by Gasteiger charge is 2.32. The maximum Gasteiger partial charge on any atom is 0.253 e. The van der Waals surface area contributed by atoms with Gasteiger partial charge in [0.05, 0.1) is 19.1 Å². The van der Waals surface area contributed by atoms with Gasteiger partial charge in [0.25, 0.3) is 5.91 Å². The van der Waals surface area contributed by atoms with Crippen LogP contribution in [-0.2, 0) is 9.53 Å². The van der Waals surface area contributed by atoms with Crippen LogP contribution in [0.15, 0.2) is 54.6 Å². The number of amides is 2. The summed E-state index contributed by atoms with van der Waals surface area (Å²) in [6.45, 7) is 3.65. The lowest BCUT2D eigenvalue weighted by Gasteiger charge is -2.36. The molecular weight excluding hydrogens is 368 g/mol. The van der Waals surface area contributed by atoms with Crippen LogP contribution in [0.4, 0.5) is 0 Å². The second kappa shape index (κ2) is 9.09. The first-order valence-electron chi connectivity index (χ1n) is 10.2. The Morgan fingerprint density at radius 1 is 0.862 bits per heavy atom. The van der Waals surface area contributed by atoms with Gasteiger partial charge in [-0.05, 0) is 49.2 Å². The molecule has 6 heteroatoms. The highest BCUT2D eigenvalue weighted by molar-refractivity contribution is 5.94. The first-order valence-corrected chi connectivity index (χ1v) is 10.2. The number of likely N-dealkylation sites (tertiary alicyclic amines) is 1. The molecule has 2 aliphatic heterocycles. The third-order valence-corrected chi connectivity index (χ3v) is 5.46. The number of hydrogen-bond acceptors (Lipinski definition) is 4. The topological polar surface area (TPSA) is 59.1 Å². The molecule has 2 aliphatic rings. The summed E-state index contributed by atoms with van der Waals surface area (Å²) >= 11 is 0. The van der Waals surface area contributed by atoms with Gasteiger partial charge in [-0.3, -0.25) is 9.59 Å². The molecule has 2 heterocycles.